The topological polar surface area (TPSA) is 132 Å². The van der Waals surface area contributed by atoms with Gasteiger partial charge in [0.1, 0.15) is 24.1 Å². The smallest absolute Gasteiger partial charge is 0.277 e. The summed E-state index contributed by atoms with van der Waals surface area (Å²) in [7, 11) is 0. The molecule has 4 atom stereocenters. The van der Waals surface area contributed by atoms with Crippen LogP contribution >= 0.6 is 11.6 Å². The molecule has 8 nitrogen and oxygen atoms in total. The Kier molecular flexibility index (Phi) is 8.09. The zero-order valence-corrected chi connectivity index (χ0v) is 14.0. The highest BCUT2D eigenvalue weighted by Crippen LogP contribution is 2.21. The van der Waals surface area contributed by atoms with Crippen molar-refractivity contribution in [2.24, 2.45) is 5.10 Å². The number of rotatable bonds is 8. The summed E-state index contributed by atoms with van der Waals surface area (Å²) in [5.41, 5.74) is 2.87. The molecule has 0 fully saturated rings. The van der Waals surface area contributed by atoms with Gasteiger partial charge in [-0.3, -0.25) is 4.79 Å². The van der Waals surface area contributed by atoms with Gasteiger partial charge >= 0.3 is 0 Å². The quantitative estimate of drug-likeness (QED) is 0.316. The van der Waals surface area contributed by atoms with E-state index in [9.17, 15) is 20.1 Å². The maximum absolute atomic E-state index is 11.6. The standard InChI is InChI=1S/C15H21ClN2O6/c1-8-5-10(16)3-4-12(8)24-7-13(21)18-17-6-11(20)15(23)14(22)9(2)19/h3-6,9,11,14-15,19-20,22-23H,7H2,1-2H3,(H,18,21)/b17-6-/t9-,11+,14-,15-/m1/s1. The van der Waals surface area contributed by atoms with Crippen LogP contribution in [0, 0.1) is 6.92 Å². The molecule has 0 aliphatic heterocycles. The van der Waals surface area contributed by atoms with Crippen LogP contribution in [0.2, 0.25) is 5.02 Å². The molecule has 9 heteroatoms. The molecule has 0 unspecified atom stereocenters. The first-order valence-corrected chi connectivity index (χ1v) is 7.53. The Hall–Kier alpha value is -1.71. The minimum atomic E-state index is -1.64. The van der Waals surface area contributed by atoms with Gasteiger partial charge in [-0.05, 0) is 37.6 Å². The van der Waals surface area contributed by atoms with Gasteiger partial charge in [-0.2, -0.15) is 5.10 Å². The van der Waals surface area contributed by atoms with Gasteiger partial charge in [0.2, 0.25) is 0 Å². The van der Waals surface area contributed by atoms with E-state index in [4.69, 9.17) is 21.4 Å². The molecule has 0 aromatic heterocycles. The van der Waals surface area contributed by atoms with Gasteiger partial charge in [-0.15, -0.1) is 0 Å². The number of hydrogen-bond acceptors (Lipinski definition) is 7. The highest BCUT2D eigenvalue weighted by Gasteiger charge is 2.27. The number of carbonyl (C=O) groups excluding carboxylic acids is 1. The van der Waals surface area contributed by atoms with Crippen molar-refractivity contribution in [3.63, 3.8) is 0 Å². The molecule has 0 saturated heterocycles. The molecule has 1 aromatic rings. The number of hydrogen-bond donors (Lipinski definition) is 5. The van der Waals surface area contributed by atoms with Gasteiger partial charge in [0.25, 0.3) is 5.91 Å². The number of carbonyl (C=O) groups is 1. The maximum Gasteiger partial charge on any atom is 0.277 e. The third-order valence-corrected chi connectivity index (χ3v) is 3.34. The predicted octanol–water partition coefficient (Wildman–Crippen LogP) is -0.407. The Bertz CT molecular complexity index is 581. The SMILES string of the molecule is Cc1cc(Cl)ccc1OCC(=O)N/N=C\[C@H](O)[C@@H](O)[C@H](O)[C@@H](C)O. The first-order chi connectivity index (χ1) is 11.2. The lowest BCUT2D eigenvalue weighted by Gasteiger charge is -2.22. The van der Waals surface area contributed by atoms with E-state index < -0.39 is 30.3 Å². The van der Waals surface area contributed by atoms with E-state index in [1.54, 1.807) is 25.1 Å². The van der Waals surface area contributed by atoms with Crippen LogP contribution in [0.5, 0.6) is 5.75 Å². The van der Waals surface area contributed by atoms with Gasteiger partial charge in [0.05, 0.1) is 12.3 Å². The summed E-state index contributed by atoms with van der Waals surface area (Å²) in [5.74, 6) is -0.0904. The molecule has 0 spiro atoms. The lowest BCUT2D eigenvalue weighted by molar-refractivity contribution is -0.123. The third kappa shape index (κ3) is 6.42. The van der Waals surface area contributed by atoms with E-state index in [1.807, 2.05) is 0 Å². The van der Waals surface area contributed by atoms with Crippen LogP contribution in [0.4, 0.5) is 0 Å². The average molecular weight is 361 g/mol. The van der Waals surface area contributed by atoms with Crippen LogP contribution in [0.1, 0.15) is 12.5 Å². The summed E-state index contributed by atoms with van der Waals surface area (Å²) < 4.78 is 5.30. The number of aliphatic hydroxyl groups excluding tert-OH is 4. The molecule has 0 heterocycles. The van der Waals surface area contributed by atoms with Gasteiger partial charge < -0.3 is 25.2 Å². The minimum Gasteiger partial charge on any atom is -0.483 e. The van der Waals surface area contributed by atoms with Crippen molar-refractivity contribution >= 4 is 23.7 Å². The molecule has 0 aliphatic rings. The monoisotopic (exact) mass is 360 g/mol. The fourth-order valence-electron chi connectivity index (χ4n) is 1.71. The molecule has 134 valence electrons. The van der Waals surface area contributed by atoms with E-state index in [0.29, 0.717) is 10.8 Å². The molecule has 1 rings (SSSR count). The van der Waals surface area contributed by atoms with Crippen molar-refractivity contribution in [1.82, 2.24) is 5.43 Å². The van der Waals surface area contributed by atoms with Crippen molar-refractivity contribution in [3.8, 4) is 5.75 Å². The Morgan fingerprint density at radius 1 is 1.33 bits per heavy atom. The maximum atomic E-state index is 11.6. The number of hydrazone groups is 1. The van der Waals surface area contributed by atoms with Crippen molar-refractivity contribution in [3.05, 3.63) is 28.8 Å². The molecule has 5 N–H and O–H groups in total. The predicted molar refractivity (Wildman–Crippen MR) is 88.0 cm³/mol. The van der Waals surface area contributed by atoms with Crippen LogP contribution < -0.4 is 10.2 Å². The number of nitrogens with zero attached hydrogens (tertiary/aromatic N) is 1. The highest BCUT2D eigenvalue weighted by molar-refractivity contribution is 6.30. The zero-order valence-electron chi connectivity index (χ0n) is 13.3. The van der Waals surface area contributed by atoms with Gasteiger partial charge in [-0.25, -0.2) is 5.43 Å². The van der Waals surface area contributed by atoms with Crippen molar-refractivity contribution < 1.29 is 30.0 Å². The number of benzene rings is 1. The Labute approximate surface area is 144 Å². The summed E-state index contributed by atoms with van der Waals surface area (Å²) >= 11 is 5.81. The zero-order chi connectivity index (χ0) is 18.3. The van der Waals surface area contributed by atoms with E-state index in [1.165, 1.54) is 6.92 Å². The van der Waals surface area contributed by atoms with Crippen LogP contribution in [0.25, 0.3) is 0 Å². The van der Waals surface area contributed by atoms with Crippen LogP contribution in [-0.2, 0) is 4.79 Å². The number of halogens is 1. The molecular weight excluding hydrogens is 340 g/mol. The molecule has 0 saturated carbocycles. The van der Waals surface area contributed by atoms with E-state index in [-0.39, 0.29) is 6.61 Å². The Morgan fingerprint density at radius 3 is 2.58 bits per heavy atom. The largest absolute Gasteiger partial charge is 0.483 e. The number of ether oxygens (including phenoxy) is 1. The van der Waals surface area contributed by atoms with Gasteiger partial charge in [0.15, 0.2) is 6.61 Å². The van der Waals surface area contributed by atoms with Gasteiger partial charge in [0, 0.05) is 5.02 Å². The normalized spacial score (nSPS) is 16.5. The van der Waals surface area contributed by atoms with Crippen LogP contribution in [-0.4, -0.2) is 63.6 Å². The molecule has 1 aromatic carbocycles. The summed E-state index contributed by atoms with van der Waals surface area (Å²) in [4.78, 5) is 11.6. The second-order valence-corrected chi connectivity index (χ2v) is 5.66. The van der Waals surface area contributed by atoms with E-state index >= 15 is 0 Å². The van der Waals surface area contributed by atoms with Crippen LogP contribution in [0.15, 0.2) is 23.3 Å². The first-order valence-electron chi connectivity index (χ1n) is 7.15. The molecule has 0 bridgehead atoms. The molecule has 1 amide bonds. The fraction of sp³-hybridized carbons (Fsp3) is 0.467. The summed E-state index contributed by atoms with van der Waals surface area (Å²) in [6.07, 6.45) is -5.14. The lowest BCUT2D eigenvalue weighted by Crippen LogP contribution is -2.44. The number of aryl methyl sites for hydroxylation is 1. The second-order valence-electron chi connectivity index (χ2n) is 5.22. The number of aliphatic hydroxyl groups is 4. The van der Waals surface area contributed by atoms with Gasteiger partial charge in [-0.1, -0.05) is 11.6 Å². The fourth-order valence-corrected chi connectivity index (χ4v) is 1.94. The lowest BCUT2D eigenvalue weighted by atomic mass is 10.1. The Balaban J connectivity index is 2.42. The molecule has 0 radical (unpaired) electrons. The Morgan fingerprint density at radius 2 is 2.00 bits per heavy atom. The van der Waals surface area contributed by atoms with E-state index in [0.717, 1.165) is 11.8 Å². The summed E-state index contributed by atoms with van der Waals surface area (Å²) in [5, 5.41) is 41.6. The summed E-state index contributed by atoms with van der Waals surface area (Å²) in [6.45, 7) is 2.73. The third-order valence-electron chi connectivity index (χ3n) is 3.11. The molecule has 0 aliphatic carbocycles. The molecular formula is C15H21ClN2O6. The summed E-state index contributed by atoms with van der Waals surface area (Å²) in [6, 6.07) is 4.95. The van der Waals surface area contributed by atoms with Crippen molar-refractivity contribution in [2.45, 2.75) is 38.3 Å². The number of amides is 1. The first kappa shape index (κ1) is 20.3. The van der Waals surface area contributed by atoms with Crippen LogP contribution in [0.3, 0.4) is 0 Å². The van der Waals surface area contributed by atoms with Crippen molar-refractivity contribution in [1.29, 1.82) is 0 Å². The average Bonchev–Trinajstić information content (AvgIpc) is 2.52. The number of nitrogens with one attached hydrogen (secondary N) is 1. The second kappa shape index (κ2) is 9.55. The van der Waals surface area contributed by atoms with Crippen molar-refractivity contribution in [2.75, 3.05) is 6.61 Å². The highest BCUT2D eigenvalue weighted by atomic mass is 35.5. The molecule has 24 heavy (non-hydrogen) atoms. The minimum absolute atomic E-state index is 0.311. The van der Waals surface area contributed by atoms with E-state index in [2.05, 4.69) is 10.5 Å².